The fourth-order valence-corrected chi connectivity index (χ4v) is 0.787. The largest absolute Gasteiger partial charge is 0.478 e. The van der Waals surface area contributed by atoms with Gasteiger partial charge in [0, 0.05) is 0 Å². The molecule has 0 saturated heterocycles. The lowest BCUT2D eigenvalue weighted by Gasteiger charge is -2.02. The molecule has 6 heteroatoms. The molecule has 0 aliphatic rings. The van der Waals surface area contributed by atoms with Crippen LogP contribution in [0.15, 0.2) is 12.3 Å². The summed E-state index contributed by atoms with van der Waals surface area (Å²) < 4.78 is 24.1. The normalized spacial score (nSPS) is 10.4. The van der Waals surface area contributed by atoms with Crippen molar-refractivity contribution in [2.75, 3.05) is 5.73 Å². The van der Waals surface area contributed by atoms with E-state index in [-0.39, 0.29) is 11.3 Å². The maximum atomic E-state index is 12.0. The third-order valence-electron chi connectivity index (χ3n) is 1.41. The minimum absolute atomic E-state index is 0.128. The first kappa shape index (κ1) is 9.37. The van der Waals surface area contributed by atoms with Gasteiger partial charge in [-0.15, -0.1) is 0 Å². The van der Waals surface area contributed by atoms with E-state index in [1.54, 1.807) is 0 Å². The van der Waals surface area contributed by atoms with Crippen LogP contribution in [0.1, 0.15) is 22.5 Å². The van der Waals surface area contributed by atoms with E-state index in [2.05, 4.69) is 4.98 Å². The molecule has 0 amide bonds. The number of nitrogens with two attached hydrogens (primary N) is 1. The molecule has 0 bridgehead atoms. The van der Waals surface area contributed by atoms with Crippen molar-refractivity contribution in [1.29, 1.82) is 0 Å². The van der Waals surface area contributed by atoms with E-state index in [0.29, 0.717) is 0 Å². The first-order chi connectivity index (χ1) is 6.02. The smallest absolute Gasteiger partial charge is 0.337 e. The van der Waals surface area contributed by atoms with Crippen LogP contribution in [-0.2, 0) is 0 Å². The Bertz CT molecular complexity index is 341. The van der Waals surface area contributed by atoms with Gasteiger partial charge in [0.1, 0.15) is 5.69 Å². The van der Waals surface area contributed by atoms with Crippen LogP contribution in [-0.4, -0.2) is 16.1 Å². The van der Waals surface area contributed by atoms with Crippen molar-refractivity contribution in [2.45, 2.75) is 6.43 Å². The van der Waals surface area contributed by atoms with Crippen LogP contribution < -0.4 is 5.73 Å². The number of carboxylic acid groups (broad SMARTS) is 1. The quantitative estimate of drug-likeness (QED) is 0.733. The standard InChI is InChI=1S/C7H6F2N2O2/c8-6(9)5-1-3(7(12)13)4(10)2-11-5/h1-2,6H,10H2,(H,12,13). The number of halogens is 2. The number of hydrogen-bond acceptors (Lipinski definition) is 3. The molecule has 1 rings (SSSR count). The first-order valence-electron chi connectivity index (χ1n) is 3.29. The molecule has 0 spiro atoms. The number of aromatic nitrogens is 1. The molecule has 4 nitrogen and oxygen atoms in total. The number of hydrogen-bond donors (Lipinski definition) is 2. The number of anilines is 1. The molecule has 0 aliphatic heterocycles. The second-order valence-corrected chi connectivity index (χ2v) is 2.30. The number of carboxylic acids is 1. The maximum absolute atomic E-state index is 12.0. The molecule has 1 heterocycles. The summed E-state index contributed by atoms with van der Waals surface area (Å²) in [5, 5.41) is 8.52. The molecular weight excluding hydrogens is 182 g/mol. The molecule has 0 aromatic carbocycles. The van der Waals surface area contributed by atoms with Gasteiger partial charge >= 0.3 is 5.97 Å². The zero-order valence-corrected chi connectivity index (χ0v) is 6.37. The lowest BCUT2D eigenvalue weighted by Crippen LogP contribution is -2.05. The van der Waals surface area contributed by atoms with Crippen molar-refractivity contribution in [2.24, 2.45) is 0 Å². The number of pyridine rings is 1. The number of aromatic carboxylic acids is 1. The lowest BCUT2D eigenvalue weighted by molar-refractivity contribution is 0.0697. The van der Waals surface area contributed by atoms with Crippen molar-refractivity contribution in [3.8, 4) is 0 Å². The SMILES string of the molecule is Nc1cnc(C(F)F)cc1C(=O)O. The Morgan fingerprint density at radius 3 is 2.69 bits per heavy atom. The Morgan fingerprint density at radius 2 is 2.23 bits per heavy atom. The molecule has 0 radical (unpaired) electrons. The highest BCUT2D eigenvalue weighted by Crippen LogP contribution is 2.20. The van der Waals surface area contributed by atoms with Gasteiger partial charge in [-0.05, 0) is 6.07 Å². The van der Waals surface area contributed by atoms with E-state index in [1.807, 2.05) is 0 Å². The Morgan fingerprint density at radius 1 is 1.62 bits per heavy atom. The fraction of sp³-hybridized carbons (Fsp3) is 0.143. The Labute approximate surface area is 72.0 Å². The van der Waals surface area contributed by atoms with Crippen molar-refractivity contribution in [1.82, 2.24) is 4.98 Å². The average molecular weight is 188 g/mol. The third kappa shape index (κ3) is 1.90. The van der Waals surface area contributed by atoms with Crippen LogP contribution in [0.5, 0.6) is 0 Å². The highest BCUT2D eigenvalue weighted by molar-refractivity contribution is 5.93. The summed E-state index contributed by atoms with van der Waals surface area (Å²) in [6.45, 7) is 0. The molecule has 13 heavy (non-hydrogen) atoms. The molecule has 0 fully saturated rings. The topological polar surface area (TPSA) is 76.2 Å². The summed E-state index contributed by atoms with van der Waals surface area (Å²) in [5.74, 6) is -1.35. The molecule has 3 N–H and O–H groups in total. The van der Waals surface area contributed by atoms with Crippen LogP contribution in [0.4, 0.5) is 14.5 Å². The van der Waals surface area contributed by atoms with Gasteiger partial charge in [0.15, 0.2) is 0 Å². The summed E-state index contributed by atoms with van der Waals surface area (Å²) in [4.78, 5) is 13.7. The van der Waals surface area contributed by atoms with Crippen LogP contribution >= 0.6 is 0 Å². The number of carbonyl (C=O) groups is 1. The zero-order valence-electron chi connectivity index (χ0n) is 6.37. The van der Waals surface area contributed by atoms with Crippen LogP contribution in [0.3, 0.4) is 0 Å². The van der Waals surface area contributed by atoms with Crippen molar-refractivity contribution < 1.29 is 18.7 Å². The second-order valence-electron chi connectivity index (χ2n) is 2.30. The highest BCUT2D eigenvalue weighted by atomic mass is 19.3. The van der Waals surface area contributed by atoms with Crippen molar-refractivity contribution in [3.05, 3.63) is 23.5 Å². The zero-order chi connectivity index (χ0) is 10.0. The number of alkyl halides is 2. The Balaban J connectivity index is 3.19. The van der Waals surface area contributed by atoms with E-state index < -0.39 is 18.1 Å². The van der Waals surface area contributed by atoms with Gasteiger partial charge in [0.25, 0.3) is 6.43 Å². The first-order valence-corrected chi connectivity index (χ1v) is 3.29. The molecule has 0 aliphatic carbocycles. The summed E-state index contributed by atoms with van der Waals surface area (Å²) >= 11 is 0. The summed E-state index contributed by atoms with van der Waals surface area (Å²) in [6.07, 6.45) is -1.89. The van der Waals surface area contributed by atoms with E-state index >= 15 is 0 Å². The van der Waals surface area contributed by atoms with Gasteiger partial charge in [-0.3, -0.25) is 4.98 Å². The lowest BCUT2D eigenvalue weighted by atomic mass is 10.2. The van der Waals surface area contributed by atoms with Crippen LogP contribution in [0.25, 0.3) is 0 Å². The van der Waals surface area contributed by atoms with Crippen molar-refractivity contribution in [3.63, 3.8) is 0 Å². The molecule has 1 aromatic rings. The van der Waals surface area contributed by atoms with E-state index in [4.69, 9.17) is 10.8 Å². The fourth-order valence-electron chi connectivity index (χ4n) is 0.787. The minimum Gasteiger partial charge on any atom is -0.478 e. The van der Waals surface area contributed by atoms with Gasteiger partial charge in [-0.2, -0.15) is 0 Å². The Hall–Kier alpha value is -1.72. The maximum Gasteiger partial charge on any atom is 0.337 e. The Kier molecular flexibility index (Phi) is 2.41. The van der Waals surface area contributed by atoms with Gasteiger partial charge < -0.3 is 10.8 Å². The highest BCUT2D eigenvalue weighted by Gasteiger charge is 2.14. The summed E-state index contributed by atoms with van der Waals surface area (Å²) in [7, 11) is 0. The monoisotopic (exact) mass is 188 g/mol. The third-order valence-corrected chi connectivity index (χ3v) is 1.41. The van der Waals surface area contributed by atoms with Crippen LogP contribution in [0, 0.1) is 0 Å². The molecule has 0 atom stereocenters. The molecule has 70 valence electrons. The predicted octanol–water partition coefficient (Wildman–Crippen LogP) is 1.30. The number of nitrogen functional groups attached to an aromatic ring is 1. The van der Waals surface area contributed by atoms with Crippen LogP contribution in [0.2, 0.25) is 0 Å². The van der Waals surface area contributed by atoms with E-state index in [9.17, 15) is 13.6 Å². The van der Waals surface area contributed by atoms with Crippen molar-refractivity contribution >= 4 is 11.7 Å². The van der Waals surface area contributed by atoms with E-state index in [0.717, 1.165) is 12.3 Å². The van der Waals surface area contributed by atoms with Gasteiger partial charge in [0.05, 0.1) is 17.4 Å². The summed E-state index contributed by atoms with van der Waals surface area (Å²) in [5.41, 5.74) is 4.13. The average Bonchev–Trinajstić information content (AvgIpc) is 2.04. The predicted molar refractivity (Wildman–Crippen MR) is 40.6 cm³/mol. The van der Waals surface area contributed by atoms with Gasteiger partial charge in [-0.25, -0.2) is 13.6 Å². The van der Waals surface area contributed by atoms with Gasteiger partial charge in [0.2, 0.25) is 0 Å². The summed E-state index contributed by atoms with van der Waals surface area (Å²) in [6, 6.07) is 0.766. The number of rotatable bonds is 2. The van der Waals surface area contributed by atoms with E-state index in [1.165, 1.54) is 0 Å². The second kappa shape index (κ2) is 3.34. The minimum atomic E-state index is -2.79. The molecule has 1 aromatic heterocycles. The van der Waals surface area contributed by atoms with Gasteiger partial charge in [-0.1, -0.05) is 0 Å². The molecule has 0 saturated carbocycles. The molecule has 0 unspecified atom stereocenters. The molecular formula is C7H6F2N2O2. The number of nitrogens with zero attached hydrogens (tertiary/aromatic N) is 1.